The zero-order valence-electron chi connectivity index (χ0n) is 11.2. The van der Waals surface area contributed by atoms with E-state index >= 15 is 0 Å². The van der Waals surface area contributed by atoms with Gasteiger partial charge in [-0.1, -0.05) is 0 Å². The molecule has 0 radical (unpaired) electrons. The fraction of sp³-hybridized carbons (Fsp3) is 0.111. The maximum absolute atomic E-state index is 11.0. The van der Waals surface area contributed by atoms with Crippen molar-refractivity contribution >= 4 is 33.2 Å². The molecule has 2 rings (SSSR count). The summed E-state index contributed by atoms with van der Waals surface area (Å²) >= 11 is 0. The molecule has 3 N–H and O–H groups in total. The largest absolute Gasteiger partial charge is 1.00 e. The molecular weight excluding hydrogens is 285 g/mol. The molecule has 0 fully saturated rings. The number of imidazole rings is 1. The molecule has 0 saturated carbocycles. The molecule has 8 nitrogen and oxygen atoms in total. The first-order chi connectivity index (χ1) is 8.40. The topological polar surface area (TPSA) is 121 Å². The first kappa shape index (κ1) is 15.9. The molecule has 2 aromatic rings. The molecule has 0 saturated heterocycles. The van der Waals surface area contributed by atoms with Crippen molar-refractivity contribution < 1.29 is 53.5 Å². The van der Waals surface area contributed by atoms with Crippen molar-refractivity contribution in [2.45, 2.75) is 4.90 Å². The van der Waals surface area contributed by atoms with Gasteiger partial charge < -0.3 is 11.1 Å². The number of carbonyl (C=O) groups is 1. The second-order valence-corrected chi connectivity index (χ2v) is 4.78. The minimum atomic E-state index is -4.27. The van der Waals surface area contributed by atoms with Crippen molar-refractivity contribution in [2.75, 3.05) is 12.4 Å². The zero-order valence-corrected chi connectivity index (χ0v) is 13.0. The van der Waals surface area contributed by atoms with Gasteiger partial charge in [0.15, 0.2) is 0 Å². The minimum Gasteiger partial charge on any atom is -1.00 e. The van der Waals surface area contributed by atoms with Crippen LogP contribution in [0.4, 0.5) is 10.7 Å². The molecule has 1 amide bonds. The maximum atomic E-state index is 11.0. The summed E-state index contributed by atoms with van der Waals surface area (Å²) in [5, 5.41) is 2.30. The number of carbonyl (C=O) groups excluding carboxylic acids is 1. The van der Waals surface area contributed by atoms with Crippen LogP contribution in [0.3, 0.4) is 0 Å². The number of rotatable bonds is 2. The van der Waals surface area contributed by atoms with Crippen LogP contribution in [0.5, 0.6) is 0 Å². The smallest absolute Gasteiger partial charge is 1.00 e. The van der Waals surface area contributed by atoms with Crippen molar-refractivity contribution in [3.8, 4) is 0 Å². The number of H-pyrrole nitrogens is 1. The number of benzene rings is 1. The quantitative estimate of drug-likeness (QED) is 0.440. The third-order valence-electron chi connectivity index (χ3n) is 2.16. The Balaban J connectivity index is 0.00000180. The van der Waals surface area contributed by atoms with E-state index in [0.717, 1.165) is 0 Å². The molecule has 1 heterocycles. The number of ether oxygens (including phenoxy) is 1. The molecule has 0 atom stereocenters. The number of amides is 1. The van der Waals surface area contributed by atoms with Gasteiger partial charge in [-0.25, -0.2) is 9.78 Å². The van der Waals surface area contributed by atoms with Crippen LogP contribution in [0, 0.1) is 0 Å². The van der Waals surface area contributed by atoms with Gasteiger partial charge in [0.1, 0.15) is 0 Å². The van der Waals surface area contributed by atoms with E-state index in [2.05, 4.69) is 20.0 Å². The molecule has 98 valence electrons. The zero-order chi connectivity index (χ0) is 13.3. The van der Waals surface area contributed by atoms with Crippen LogP contribution in [-0.4, -0.2) is 36.1 Å². The van der Waals surface area contributed by atoms with Crippen LogP contribution in [0.15, 0.2) is 23.1 Å². The van der Waals surface area contributed by atoms with Crippen molar-refractivity contribution in [1.82, 2.24) is 9.97 Å². The molecule has 0 aliphatic heterocycles. The fourth-order valence-corrected chi connectivity index (χ4v) is 1.86. The molecule has 0 aliphatic rings. The van der Waals surface area contributed by atoms with Gasteiger partial charge in [-0.3, -0.25) is 9.87 Å². The van der Waals surface area contributed by atoms with Gasteiger partial charge in [0, 0.05) is 0 Å². The molecule has 0 bridgehead atoms. The fourth-order valence-electron chi connectivity index (χ4n) is 1.36. The average molecular weight is 295 g/mol. The van der Waals surface area contributed by atoms with Gasteiger partial charge in [0.25, 0.3) is 10.1 Å². The second kappa shape index (κ2) is 5.88. The predicted molar refractivity (Wildman–Crippen MR) is 63.0 cm³/mol. The number of hydrogen-bond donors (Lipinski definition) is 3. The number of methoxy groups -OCH3 is 1. The molecule has 1 aromatic carbocycles. The number of nitrogens with one attached hydrogen (secondary N) is 2. The number of aromatic nitrogens is 2. The molecule has 0 spiro atoms. The van der Waals surface area contributed by atoms with E-state index in [1.165, 1.54) is 25.3 Å². The number of hydrogen-bond acceptors (Lipinski definition) is 5. The summed E-state index contributed by atoms with van der Waals surface area (Å²) in [4.78, 5) is 17.3. The summed E-state index contributed by atoms with van der Waals surface area (Å²) in [7, 11) is -3.07. The first-order valence-corrected chi connectivity index (χ1v) is 6.16. The van der Waals surface area contributed by atoms with Crippen LogP contribution >= 0.6 is 0 Å². The van der Waals surface area contributed by atoms with Crippen LogP contribution in [0.1, 0.15) is 1.43 Å². The van der Waals surface area contributed by atoms with E-state index in [1.54, 1.807) is 0 Å². The van der Waals surface area contributed by atoms with E-state index < -0.39 is 16.2 Å². The molecule has 1 aromatic heterocycles. The van der Waals surface area contributed by atoms with E-state index in [0.29, 0.717) is 11.0 Å². The van der Waals surface area contributed by atoms with E-state index in [9.17, 15) is 13.2 Å². The standard InChI is InChI=1S/C9H9N3O5S.Na.H/c1-17-9(13)12-8-10-6-3-2-5(18(14,15)16)4-7(6)11-8;;/h2-4H,1H3,(H,14,15,16)(H2,10,11,12,13);;/q;+1;-1. The van der Waals surface area contributed by atoms with Crippen molar-refractivity contribution in [2.24, 2.45) is 0 Å². The van der Waals surface area contributed by atoms with Crippen LogP contribution in [0.2, 0.25) is 0 Å². The summed E-state index contributed by atoms with van der Waals surface area (Å²) in [6.45, 7) is 0. The summed E-state index contributed by atoms with van der Waals surface area (Å²) in [6.07, 6.45) is -0.705. The summed E-state index contributed by atoms with van der Waals surface area (Å²) < 4.78 is 35.1. The van der Waals surface area contributed by atoms with Crippen molar-refractivity contribution in [3.05, 3.63) is 18.2 Å². The molecular formula is C9H10N3NaO5S. The van der Waals surface area contributed by atoms with Crippen LogP contribution < -0.4 is 34.9 Å². The Hall–Kier alpha value is -1.13. The van der Waals surface area contributed by atoms with Gasteiger partial charge in [0.05, 0.1) is 23.0 Å². The van der Waals surface area contributed by atoms with Gasteiger partial charge in [-0.05, 0) is 18.2 Å². The Morgan fingerprint density at radius 1 is 1.53 bits per heavy atom. The Kier molecular flexibility index (Phi) is 4.93. The van der Waals surface area contributed by atoms with E-state index in [4.69, 9.17) is 4.55 Å². The van der Waals surface area contributed by atoms with Gasteiger partial charge in [-0.2, -0.15) is 8.42 Å². The third-order valence-corrected chi connectivity index (χ3v) is 3.01. The SMILES string of the molecule is COC(=O)Nc1nc2ccc(S(=O)(=O)O)cc2[nH]1.[H-].[Na+]. The second-order valence-electron chi connectivity index (χ2n) is 3.36. The summed E-state index contributed by atoms with van der Waals surface area (Å²) in [6, 6.07) is 3.82. The minimum absolute atomic E-state index is 0. The van der Waals surface area contributed by atoms with Crippen molar-refractivity contribution in [1.29, 1.82) is 0 Å². The first-order valence-electron chi connectivity index (χ1n) is 4.72. The summed E-state index contributed by atoms with van der Waals surface area (Å²) in [5.41, 5.74) is 0.797. The Labute approximate surface area is 132 Å². The monoisotopic (exact) mass is 295 g/mol. The molecule has 0 aliphatic carbocycles. The van der Waals surface area contributed by atoms with Gasteiger partial charge in [0.2, 0.25) is 5.95 Å². The molecule has 0 unspecified atom stereocenters. The number of anilines is 1. The maximum Gasteiger partial charge on any atom is 1.00 e. The predicted octanol–water partition coefficient (Wildman–Crippen LogP) is -1.90. The van der Waals surface area contributed by atoms with Gasteiger partial charge >= 0.3 is 35.7 Å². The molecule has 10 heteroatoms. The normalized spacial score (nSPS) is 10.8. The Morgan fingerprint density at radius 2 is 2.21 bits per heavy atom. The van der Waals surface area contributed by atoms with Crippen LogP contribution in [0.25, 0.3) is 11.0 Å². The summed E-state index contributed by atoms with van der Waals surface area (Å²) in [5.74, 6) is 0.115. The van der Waals surface area contributed by atoms with E-state index in [1.807, 2.05) is 0 Å². The number of fused-ring (bicyclic) bond motifs is 1. The van der Waals surface area contributed by atoms with Crippen molar-refractivity contribution in [3.63, 3.8) is 0 Å². The average Bonchev–Trinajstić information content (AvgIpc) is 2.68. The molecule has 19 heavy (non-hydrogen) atoms. The number of aromatic amines is 1. The Bertz CT molecular complexity index is 717. The third kappa shape index (κ3) is 3.67. The Morgan fingerprint density at radius 3 is 2.79 bits per heavy atom. The van der Waals surface area contributed by atoms with E-state index in [-0.39, 0.29) is 41.8 Å². The van der Waals surface area contributed by atoms with Crippen LogP contribution in [-0.2, 0) is 14.9 Å². The van der Waals surface area contributed by atoms with Gasteiger partial charge in [-0.15, -0.1) is 0 Å². The number of nitrogens with zero attached hydrogens (tertiary/aromatic N) is 1.